The zero-order chi connectivity index (χ0) is 16.4. The van der Waals surface area contributed by atoms with Gasteiger partial charge in [-0.05, 0) is 31.1 Å². The fraction of sp³-hybridized carbons (Fsp3) is 0.588. The third kappa shape index (κ3) is 2.00. The molecule has 7 nitrogen and oxygen atoms in total. The topological polar surface area (TPSA) is 74.0 Å². The van der Waals surface area contributed by atoms with Crippen molar-refractivity contribution in [3.05, 3.63) is 18.6 Å². The molecule has 2 aliphatic heterocycles. The van der Waals surface area contributed by atoms with Crippen molar-refractivity contribution < 1.29 is 9.90 Å². The fourth-order valence-corrected chi connectivity index (χ4v) is 4.42. The van der Waals surface area contributed by atoms with Crippen molar-refractivity contribution in [2.45, 2.75) is 25.8 Å². The number of imidazole rings is 1. The predicted molar refractivity (Wildman–Crippen MR) is 89.3 cm³/mol. The van der Waals surface area contributed by atoms with Gasteiger partial charge in [-0.15, -0.1) is 0 Å². The molecule has 4 atom stereocenters. The predicted octanol–water partition coefficient (Wildman–Crippen LogP) is 1.48. The van der Waals surface area contributed by atoms with Gasteiger partial charge in [-0.1, -0.05) is 0 Å². The van der Waals surface area contributed by atoms with Gasteiger partial charge in [0.1, 0.15) is 5.82 Å². The van der Waals surface area contributed by atoms with E-state index < -0.39 is 5.97 Å². The van der Waals surface area contributed by atoms with Gasteiger partial charge in [0.2, 0.25) is 0 Å². The van der Waals surface area contributed by atoms with Crippen LogP contribution in [0.5, 0.6) is 0 Å². The molecule has 0 amide bonds. The number of carbonyl (C=O) groups is 1. The van der Waals surface area contributed by atoms with Crippen LogP contribution in [0.3, 0.4) is 0 Å². The van der Waals surface area contributed by atoms with E-state index in [2.05, 4.69) is 26.1 Å². The second kappa shape index (κ2) is 4.84. The summed E-state index contributed by atoms with van der Waals surface area (Å²) in [4.78, 5) is 24.9. The first kappa shape index (κ1) is 14.1. The van der Waals surface area contributed by atoms with E-state index in [9.17, 15) is 4.79 Å². The van der Waals surface area contributed by atoms with Crippen LogP contribution in [0.15, 0.2) is 18.6 Å². The molecule has 24 heavy (non-hydrogen) atoms. The second-order valence-electron chi connectivity index (χ2n) is 7.41. The van der Waals surface area contributed by atoms with E-state index in [-0.39, 0.29) is 0 Å². The molecule has 5 rings (SSSR count). The smallest absolute Gasteiger partial charge is 0.303 e. The average molecular weight is 327 g/mol. The lowest BCUT2D eigenvalue weighted by Crippen LogP contribution is -2.46. The van der Waals surface area contributed by atoms with Crippen LogP contribution in [-0.4, -0.2) is 51.1 Å². The molecule has 1 aliphatic carbocycles. The normalized spacial score (nSPS) is 31.2. The van der Waals surface area contributed by atoms with Gasteiger partial charge < -0.3 is 19.3 Å². The number of carboxylic acids is 1. The number of hydrogen-bond acceptors (Lipinski definition) is 5. The highest BCUT2D eigenvalue weighted by molar-refractivity contribution is 5.69. The molecule has 126 valence electrons. The quantitative estimate of drug-likeness (QED) is 0.917. The largest absolute Gasteiger partial charge is 0.481 e. The maximum Gasteiger partial charge on any atom is 0.303 e. The molecule has 2 aromatic heterocycles. The lowest BCUT2D eigenvalue weighted by molar-refractivity contribution is -0.137. The van der Waals surface area contributed by atoms with E-state index in [1.54, 1.807) is 0 Å². The van der Waals surface area contributed by atoms with Gasteiger partial charge in [-0.25, -0.2) is 9.97 Å². The standard InChI is InChI=1S/C17H21N5O2/c1-10-2-4-22(10)17-16-18-3-5-20(16)9-14(19-17)21-7-12-11(6-15(23)24)13(12)8-21/h3,5,9-13H,2,4,6-8H2,1H3,(H,23,24)/t10-,11-,12-,13+/m0/s1. The van der Waals surface area contributed by atoms with Gasteiger partial charge >= 0.3 is 5.97 Å². The van der Waals surface area contributed by atoms with Crippen molar-refractivity contribution in [2.24, 2.45) is 17.8 Å². The van der Waals surface area contributed by atoms with Crippen LogP contribution in [0.4, 0.5) is 11.6 Å². The number of aromatic nitrogens is 3. The number of carboxylic acid groups (broad SMARTS) is 1. The van der Waals surface area contributed by atoms with E-state index in [4.69, 9.17) is 10.1 Å². The Labute approximate surface area is 139 Å². The molecule has 0 spiro atoms. The molecule has 0 aromatic carbocycles. The Hall–Kier alpha value is -2.31. The van der Waals surface area contributed by atoms with Crippen LogP contribution in [0.25, 0.3) is 5.65 Å². The van der Waals surface area contributed by atoms with Crippen molar-refractivity contribution in [3.8, 4) is 0 Å². The summed E-state index contributed by atoms with van der Waals surface area (Å²) in [5.41, 5.74) is 0.915. The van der Waals surface area contributed by atoms with Gasteiger partial charge in [-0.2, -0.15) is 0 Å². The van der Waals surface area contributed by atoms with E-state index in [1.807, 2.05) is 18.6 Å². The minimum atomic E-state index is -0.673. The highest BCUT2D eigenvalue weighted by atomic mass is 16.4. The molecule has 4 heterocycles. The first-order valence-corrected chi connectivity index (χ1v) is 8.69. The highest BCUT2D eigenvalue weighted by Gasteiger charge is 2.56. The molecule has 2 aromatic rings. The van der Waals surface area contributed by atoms with E-state index in [0.29, 0.717) is 30.2 Å². The van der Waals surface area contributed by atoms with Gasteiger partial charge in [0.05, 0.1) is 6.20 Å². The average Bonchev–Trinajstić information content (AvgIpc) is 2.98. The van der Waals surface area contributed by atoms with Crippen molar-refractivity contribution in [1.29, 1.82) is 0 Å². The molecule has 0 radical (unpaired) electrons. The number of fused-ring (bicyclic) bond motifs is 2. The molecule has 2 saturated heterocycles. The van der Waals surface area contributed by atoms with Crippen LogP contribution in [-0.2, 0) is 4.79 Å². The minimum absolute atomic E-state index is 0.313. The van der Waals surface area contributed by atoms with E-state index in [0.717, 1.165) is 36.9 Å². The molecular formula is C17H21N5O2. The summed E-state index contributed by atoms with van der Waals surface area (Å²) in [7, 11) is 0. The highest BCUT2D eigenvalue weighted by Crippen LogP contribution is 2.54. The van der Waals surface area contributed by atoms with Crippen molar-refractivity contribution in [1.82, 2.24) is 14.4 Å². The Balaban J connectivity index is 1.41. The van der Waals surface area contributed by atoms with Gasteiger partial charge in [0, 0.05) is 44.5 Å². The van der Waals surface area contributed by atoms with Crippen molar-refractivity contribution in [3.63, 3.8) is 0 Å². The first-order valence-electron chi connectivity index (χ1n) is 8.69. The zero-order valence-corrected chi connectivity index (χ0v) is 13.7. The number of piperidine rings is 1. The summed E-state index contributed by atoms with van der Waals surface area (Å²) in [5.74, 6) is 2.69. The van der Waals surface area contributed by atoms with Crippen LogP contribution < -0.4 is 9.80 Å². The fourth-order valence-electron chi connectivity index (χ4n) is 4.42. The molecule has 3 fully saturated rings. The Morgan fingerprint density at radius 2 is 2.17 bits per heavy atom. The van der Waals surface area contributed by atoms with E-state index in [1.165, 1.54) is 6.42 Å². The summed E-state index contributed by atoms with van der Waals surface area (Å²) in [5, 5.41) is 8.97. The Bertz CT molecular complexity index is 806. The third-order valence-corrected chi connectivity index (χ3v) is 6.04. The maximum atomic E-state index is 10.9. The Morgan fingerprint density at radius 3 is 2.79 bits per heavy atom. The van der Waals surface area contributed by atoms with Crippen LogP contribution in [0.1, 0.15) is 19.8 Å². The Morgan fingerprint density at radius 1 is 1.38 bits per heavy atom. The third-order valence-electron chi connectivity index (χ3n) is 6.04. The molecule has 1 saturated carbocycles. The van der Waals surface area contributed by atoms with Crippen LogP contribution in [0.2, 0.25) is 0 Å². The second-order valence-corrected chi connectivity index (χ2v) is 7.41. The number of nitrogens with zero attached hydrogens (tertiary/aromatic N) is 5. The Kier molecular flexibility index (Phi) is 2.84. The number of aliphatic carboxylic acids is 1. The monoisotopic (exact) mass is 327 g/mol. The van der Waals surface area contributed by atoms with E-state index >= 15 is 0 Å². The number of anilines is 2. The molecule has 3 aliphatic rings. The zero-order valence-electron chi connectivity index (χ0n) is 13.7. The lowest BCUT2D eigenvalue weighted by atomic mass is 10.1. The SMILES string of the molecule is C[C@H]1CCN1c1nc(N2C[C@@H]3[C@@H](CC(=O)O)[C@@H]3C2)cn2ccnc12. The molecule has 0 bridgehead atoms. The summed E-state index contributed by atoms with van der Waals surface area (Å²) in [6.45, 7) is 5.10. The van der Waals surface area contributed by atoms with Crippen molar-refractivity contribution >= 4 is 23.3 Å². The summed E-state index contributed by atoms with van der Waals surface area (Å²) in [6.07, 6.45) is 7.35. The van der Waals surface area contributed by atoms with Gasteiger partial charge in [0.15, 0.2) is 11.5 Å². The lowest BCUT2D eigenvalue weighted by Gasteiger charge is -2.40. The van der Waals surface area contributed by atoms with Gasteiger partial charge in [0.25, 0.3) is 0 Å². The number of hydrogen-bond donors (Lipinski definition) is 1. The van der Waals surface area contributed by atoms with Crippen LogP contribution in [0, 0.1) is 17.8 Å². The summed E-state index contributed by atoms with van der Waals surface area (Å²) < 4.78 is 2.06. The minimum Gasteiger partial charge on any atom is -0.481 e. The molecule has 7 heteroatoms. The van der Waals surface area contributed by atoms with Crippen LogP contribution >= 0.6 is 0 Å². The number of rotatable bonds is 4. The molecular weight excluding hydrogens is 306 g/mol. The van der Waals surface area contributed by atoms with Gasteiger partial charge in [-0.3, -0.25) is 4.79 Å². The molecule has 0 unspecified atom stereocenters. The maximum absolute atomic E-state index is 10.9. The van der Waals surface area contributed by atoms with Crippen molar-refractivity contribution in [2.75, 3.05) is 29.4 Å². The summed E-state index contributed by atoms with van der Waals surface area (Å²) in [6, 6.07) is 0.514. The summed E-state index contributed by atoms with van der Waals surface area (Å²) >= 11 is 0. The molecule has 1 N–H and O–H groups in total. The first-order chi connectivity index (χ1) is 11.6.